The number of rotatable bonds is 8. The van der Waals surface area contributed by atoms with Crippen LogP contribution in [-0.2, 0) is 16.1 Å². The summed E-state index contributed by atoms with van der Waals surface area (Å²) in [6.07, 6.45) is 3.14. The monoisotopic (exact) mass is 564 g/mol. The fourth-order valence-electron chi connectivity index (χ4n) is 5.35. The van der Waals surface area contributed by atoms with Crippen molar-refractivity contribution in [1.82, 2.24) is 9.80 Å². The molecule has 2 saturated heterocycles. The number of carbonyl (C=O) groups is 2. The van der Waals surface area contributed by atoms with Crippen LogP contribution in [0.2, 0.25) is 10.0 Å². The van der Waals surface area contributed by atoms with Crippen molar-refractivity contribution < 1.29 is 28.6 Å². The summed E-state index contributed by atoms with van der Waals surface area (Å²) in [5.74, 6) is -1.54. The van der Waals surface area contributed by atoms with E-state index < -0.39 is 29.8 Å². The normalized spacial score (nSPS) is 22.6. The zero-order valence-corrected chi connectivity index (χ0v) is 22.7. The molecular weight excluding hydrogens is 534 g/mol. The van der Waals surface area contributed by atoms with Crippen LogP contribution in [0.3, 0.4) is 0 Å². The van der Waals surface area contributed by atoms with Crippen LogP contribution >= 0.6 is 23.2 Å². The first-order valence-electron chi connectivity index (χ1n) is 13.0. The van der Waals surface area contributed by atoms with Gasteiger partial charge in [0.05, 0.1) is 18.3 Å². The van der Waals surface area contributed by atoms with Crippen molar-refractivity contribution in [2.24, 2.45) is 5.92 Å². The molecule has 2 aromatic rings. The number of amides is 1. The van der Waals surface area contributed by atoms with Gasteiger partial charge in [0.15, 0.2) is 6.04 Å². The van der Waals surface area contributed by atoms with Gasteiger partial charge >= 0.3 is 5.97 Å². The number of carboxylic acids is 1. The van der Waals surface area contributed by atoms with E-state index in [1.807, 2.05) is 12.1 Å². The molecule has 1 aliphatic carbocycles. The number of aliphatic carboxylic acids is 1. The third kappa shape index (κ3) is 6.09. The standard InChI is InChI=1S/C28H31Cl2FN2O5/c1-16-26(28(35)36)33(15-38-16)27(34)23-11-22(19-2-3-19)25(12-24(23)31)37-14-17-4-6-32(7-5-17)13-18-8-20(29)10-21(30)9-18/h8-12,16-17,19,26H,2-7,13-15H2,1H3,(H,35,36)/t16-,26+/m1/s1. The molecule has 38 heavy (non-hydrogen) atoms. The highest BCUT2D eigenvalue weighted by atomic mass is 35.5. The predicted molar refractivity (Wildman–Crippen MR) is 141 cm³/mol. The zero-order valence-electron chi connectivity index (χ0n) is 21.2. The maximum Gasteiger partial charge on any atom is 0.329 e. The zero-order chi connectivity index (χ0) is 27.0. The topological polar surface area (TPSA) is 79.3 Å². The smallest absolute Gasteiger partial charge is 0.329 e. The van der Waals surface area contributed by atoms with Gasteiger partial charge in [-0.1, -0.05) is 23.2 Å². The van der Waals surface area contributed by atoms with E-state index in [1.54, 1.807) is 19.1 Å². The number of piperidine rings is 1. The largest absolute Gasteiger partial charge is 0.493 e. The maximum atomic E-state index is 15.2. The molecule has 0 radical (unpaired) electrons. The highest BCUT2D eigenvalue weighted by Crippen LogP contribution is 2.45. The molecule has 2 heterocycles. The number of hydrogen-bond donors (Lipinski definition) is 1. The number of likely N-dealkylation sites (tertiary alicyclic amines) is 1. The molecule has 0 aromatic heterocycles. The molecular formula is C28H31Cl2FN2O5. The average molecular weight is 565 g/mol. The molecule has 204 valence electrons. The van der Waals surface area contributed by atoms with Crippen LogP contribution in [0.4, 0.5) is 4.39 Å². The number of halogens is 3. The molecule has 3 aliphatic rings. The molecule has 1 amide bonds. The minimum absolute atomic E-state index is 0.141. The van der Waals surface area contributed by atoms with Crippen molar-refractivity contribution in [1.29, 1.82) is 0 Å². The first kappa shape index (κ1) is 27.2. The molecule has 0 unspecified atom stereocenters. The van der Waals surface area contributed by atoms with Gasteiger partial charge in [0.25, 0.3) is 5.91 Å². The van der Waals surface area contributed by atoms with E-state index in [9.17, 15) is 14.7 Å². The SMILES string of the molecule is C[C@H]1OCN(C(=O)c2cc(C3CC3)c(OCC3CCN(Cc4cc(Cl)cc(Cl)c4)CC3)cc2F)[C@@H]1C(=O)O. The lowest BCUT2D eigenvalue weighted by atomic mass is 9.97. The molecule has 3 fully saturated rings. The van der Waals surface area contributed by atoms with E-state index >= 15 is 4.39 Å². The van der Waals surface area contributed by atoms with Crippen molar-refractivity contribution in [3.05, 3.63) is 62.9 Å². The van der Waals surface area contributed by atoms with Crippen LogP contribution in [0.1, 0.15) is 60.0 Å². The van der Waals surface area contributed by atoms with Gasteiger partial charge in [-0.2, -0.15) is 0 Å². The fraction of sp³-hybridized carbons (Fsp3) is 0.500. The van der Waals surface area contributed by atoms with Crippen molar-refractivity contribution >= 4 is 35.1 Å². The maximum absolute atomic E-state index is 15.2. The predicted octanol–water partition coefficient (Wildman–Crippen LogP) is 5.57. The summed E-state index contributed by atoms with van der Waals surface area (Å²) < 4.78 is 26.7. The Hall–Kier alpha value is -2.39. The van der Waals surface area contributed by atoms with Gasteiger partial charge in [0, 0.05) is 22.7 Å². The minimum Gasteiger partial charge on any atom is -0.493 e. The minimum atomic E-state index is -1.17. The van der Waals surface area contributed by atoms with Crippen molar-refractivity contribution in [2.45, 2.75) is 57.2 Å². The molecule has 0 spiro atoms. The van der Waals surface area contributed by atoms with E-state index in [1.165, 1.54) is 6.07 Å². The van der Waals surface area contributed by atoms with Crippen LogP contribution in [0.25, 0.3) is 0 Å². The average Bonchev–Trinajstić information content (AvgIpc) is 3.63. The molecule has 10 heteroatoms. The summed E-state index contributed by atoms with van der Waals surface area (Å²) in [6, 6.07) is 7.28. The van der Waals surface area contributed by atoms with E-state index in [-0.39, 0.29) is 18.2 Å². The lowest BCUT2D eigenvalue weighted by Crippen LogP contribution is -2.44. The van der Waals surface area contributed by atoms with Crippen LogP contribution < -0.4 is 4.74 Å². The second-order valence-electron chi connectivity index (χ2n) is 10.5. The van der Waals surface area contributed by atoms with Crippen molar-refractivity contribution in [3.8, 4) is 5.75 Å². The van der Waals surface area contributed by atoms with E-state index in [2.05, 4.69) is 4.90 Å². The van der Waals surface area contributed by atoms with Crippen LogP contribution in [0.5, 0.6) is 5.75 Å². The Morgan fingerprint density at radius 1 is 1.08 bits per heavy atom. The van der Waals surface area contributed by atoms with Crippen LogP contribution in [0.15, 0.2) is 30.3 Å². The quantitative estimate of drug-likeness (QED) is 0.451. The number of nitrogens with zero attached hydrogens (tertiary/aromatic N) is 2. The summed E-state index contributed by atoms with van der Waals surface area (Å²) in [4.78, 5) is 28.2. The number of carbonyl (C=O) groups excluding carboxylic acids is 1. The number of hydrogen-bond acceptors (Lipinski definition) is 5. The van der Waals surface area contributed by atoms with E-state index in [0.717, 1.165) is 61.3 Å². The molecule has 7 nitrogen and oxygen atoms in total. The summed E-state index contributed by atoms with van der Waals surface area (Å²) in [7, 11) is 0. The lowest BCUT2D eigenvalue weighted by Gasteiger charge is -2.32. The molecule has 1 N–H and O–H groups in total. The summed E-state index contributed by atoms with van der Waals surface area (Å²) in [5.41, 5.74) is 1.75. The van der Waals surface area contributed by atoms with E-state index in [4.69, 9.17) is 32.7 Å². The summed E-state index contributed by atoms with van der Waals surface area (Å²) in [6.45, 7) is 4.49. The van der Waals surface area contributed by atoms with E-state index in [0.29, 0.717) is 28.3 Å². The Morgan fingerprint density at radius 2 is 1.76 bits per heavy atom. The Labute approximate surface area is 231 Å². The van der Waals surface area contributed by atoms with Gasteiger partial charge in [0.2, 0.25) is 0 Å². The van der Waals surface area contributed by atoms with Gasteiger partial charge in [-0.3, -0.25) is 14.6 Å². The first-order valence-corrected chi connectivity index (χ1v) is 13.7. The Kier molecular flexibility index (Phi) is 8.14. The van der Waals surface area contributed by atoms with Crippen LogP contribution in [-0.4, -0.2) is 65.4 Å². The molecule has 0 bridgehead atoms. The molecule has 5 rings (SSSR count). The lowest BCUT2D eigenvalue weighted by molar-refractivity contribution is -0.142. The van der Waals surface area contributed by atoms with Crippen molar-refractivity contribution in [3.63, 3.8) is 0 Å². The molecule has 2 aromatic carbocycles. The number of benzene rings is 2. The van der Waals surface area contributed by atoms with Gasteiger partial charge in [0.1, 0.15) is 18.3 Å². The first-order chi connectivity index (χ1) is 18.2. The second-order valence-corrected chi connectivity index (χ2v) is 11.4. The van der Waals surface area contributed by atoms with Gasteiger partial charge in [-0.15, -0.1) is 0 Å². The summed E-state index contributed by atoms with van der Waals surface area (Å²) >= 11 is 12.3. The second kappa shape index (κ2) is 11.4. The van der Waals surface area contributed by atoms with Crippen LogP contribution in [0, 0.1) is 11.7 Å². The number of carboxylic acid groups (broad SMARTS) is 1. The molecule has 2 atom stereocenters. The Bertz CT molecular complexity index is 1200. The molecule has 2 aliphatic heterocycles. The third-order valence-corrected chi connectivity index (χ3v) is 8.06. The Morgan fingerprint density at radius 3 is 2.39 bits per heavy atom. The van der Waals surface area contributed by atoms with Crippen molar-refractivity contribution in [2.75, 3.05) is 26.4 Å². The number of ether oxygens (including phenoxy) is 2. The highest BCUT2D eigenvalue weighted by Gasteiger charge is 2.42. The van der Waals surface area contributed by atoms with Gasteiger partial charge < -0.3 is 14.6 Å². The summed E-state index contributed by atoms with van der Waals surface area (Å²) in [5, 5.41) is 10.8. The van der Waals surface area contributed by atoms with Gasteiger partial charge in [-0.05, 0) is 92.9 Å². The molecule has 1 saturated carbocycles. The highest BCUT2D eigenvalue weighted by molar-refractivity contribution is 6.34. The third-order valence-electron chi connectivity index (χ3n) is 7.63. The Balaban J connectivity index is 1.21. The fourth-order valence-corrected chi connectivity index (χ4v) is 5.92. The van der Waals surface area contributed by atoms with Gasteiger partial charge in [-0.25, -0.2) is 9.18 Å².